The SMILES string of the molecule is CCC1(CN=C(N)NC2CCCC2)CC1. The number of aliphatic imine (C=N–C) groups is 1. The molecule has 2 fully saturated rings. The molecule has 15 heavy (non-hydrogen) atoms. The van der Waals surface area contributed by atoms with Gasteiger partial charge >= 0.3 is 0 Å². The molecule has 2 aliphatic carbocycles. The first-order chi connectivity index (χ1) is 7.24. The maximum Gasteiger partial charge on any atom is 0.188 e. The lowest BCUT2D eigenvalue weighted by Gasteiger charge is -2.14. The van der Waals surface area contributed by atoms with Crippen molar-refractivity contribution in [1.82, 2.24) is 5.32 Å². The zero-order valence-corrected chi connectivity index (χ0v) is 9.76. The van der Waals surface area contributed by atoms with Crippen molar-refractivity contribution in [3.8, 4) is 0 Å². The van der Waals surface area contributed by atoms with Gasteiger partial charge in [0.2, 0.25) is 0 Å². The van der Waals surface area contributed by atoms with Gasteiger partial charge in [-0.3, -0.25) is 4.99 Å². The third kappa shape index (κ3) is 2.86. The van der Waals surface area contributed by atoms with Crippen LogP contribution in [-0.2, 0) is 0 Å². The summed E-state index contributed by atoms with van der Waals surface area (Å²) >= 11 is 0. The average Bonchev–Trinajstić information content (AvgIpc) is 2.86. The third-order valence-electron chi connectivity index (χ3n) is 4.00. The Hall–Kier alpha value is -0.730. The van der Waals surface area contributed by atoms with Gasteiger partial charge in [-0.05, 0) is 37.5 Å². The first-order valence-electron chi connectivity index (χ1n) is 6.31. The fraction of sp³-hybridized carbons (Fsp3) is 0.917. The molecule has 0 aromatic rings. The Morgan fingerprint density at radius 2 is 2.07 bits per heavy atom. The molecule has 0 atom stereocenters. The van der Waals surface area contributed by atoms with Crippen molar-refractivity contribution in [2.24, 2.45) is 16.1 Å². The van der Waals surface area contributed by atoms with Crippen LogP contribution in [0.5, 0.6) is 0 Å². The molecule has 86 valence electrons. The Morgan fingerprint density at radius 1 is 1.40 bits per heavy atom. The Balaban J connectivity index is 1.74. The van der Waals surface area contributed by atoms with Gasteiger partial charge < -0.3 is 11.1 Å². The van der Waals surface area contributed by atoms with E-state index >= 15 is 0 Å². The minimum Gasteiger partial charge on any atom is -0.370 e. The summed E-state index contributed by atoms with van der Waals surface area (Å²) in [6.07, 6.45) is 9.11. The molecule has 0 saturated heterocycles. The monoisotopic (exact) mass is 209 g/mol. The smallest absolute Gasteiger partial charge is 0.188 e. The topological polar surface area (TPSA) is 50.4 Å². The van der Waals surface area contributed by atoms with Gasteiger partial charge in [-0.2, -0.15) is 0 Å². The van der Waals surface area contributed by atoms with Crippen LogP contribution in [0.15, 0.2) is 4.99 Å². The molecule has 0 spiro atoms. The molecule has 0 amide bonds. The summed E-state index contributed by atoms with van der Waals surface area (Å²) in [4.78, 5) is 4.48. The van der Waals surface area contributed by atoms with E-state index < -0.39 is 0 Å². The summed E-state index contributed by atoms with van der Waals surface area (Å²) in [5.74, 6) is 0.668. The van der Waals surface area contributed by atoms with Gasteiger partial charge in [0, 0.05) is 12.6 Å². The number of nitrogens with two attached hydrogens (primary N) is 1. The maximum absolute atomic E-state index is 5.88. The molecule has 2 rings (SSSR count). The minimum atomic E-state index is 0.516. The lowest BCUT2D eigenvalue weighted by Crippen LogP contribution is -2.38. The van der Waals surface area contributed by atoms with E-state index in [-0.39, 0.29) is 0 Å². The second-order valence-corrected chi connectivity index (χ2v) is 5.18. The van der Waals surface area contributed by atoms with Crippen molar-refractivity contribution in [3.63, 3.8) is 0 Å². The van der Waals surface area contributed by atoms with Crippen LogP contribution in [0, 0.1) is 5.41 Å². The van der Waals surface area contributed by atoms with Crippen molar-refractivity contribution in [2.75, 3.05) is 6.54 Å². The van der Waals surface area contributed by atoms with Crippen molar-refractivity contribution >= 4 is 5.96 Å². The lowest BCUT2D eigenvalue weighted by atomic mass is 10.1. The zero-order chi connectivity index (χ0) is 10.7. The highest BCUT2D eigenvalue weighted by molar-refractivity contribution is 5.78. The number of guanidine groups is 1. The highest BCUT2D eigenvalue weighted by Gasteiger charge is 2.40. The van der Waals surface area contributed by atoms with E-state index in [1.165, 1.54) is 44.9 Å². The molecular weight excluding hydrogens is 186 g/mol. The van der Waals surface area contributed by atoms with Gasteiger partial charge in [-0.25, -0.2) is 0 Å². The highest BCUT2D eigenvalue weighted by Crippen LogP contribution is 2.48. The predicted octanol–water partition coefficient (Wildman–Crippen LogP) is 2.02. The third-order valence-corrected chi connectivity index (χ3v) is 4.00. The molecule has 0 bridgehead atoms. The quantitative estimate of drug-likeness (QED) is 0.550. The van der Waals surface area contributed by atoms with Gasteiger partial charge in [0.15, 0.2) is 5.96 Å². The highest BCUT2D eigenvalue weighted by atomic mass is 15.1. The van der Waals surface area contributed by atoms with Gasteiger partial charge in [0.1, 0.15) is 0 Å². The van der Waals surface area contributed by atoms with Crippen LogP contribution in [0.25, 0.3) is 0 Å². The van der Waals surface area contributed by atoms with Crippen LogP contribution in [0.3, 0.4) is 0 Å². The standard InChI is InChI=1S/C12H23N3/c1-2-12(7-8-12)9-14-11(13)15-10-5-3-4-6-10/h10H,2-9H2,1H3,(H3,13,14,15). The molecule has 0 heterocycles. The Labute approximate surface area is 92.5 Å². The molecular formula is C12H23N3. The fourth-order valence-corrected chi connectivity index (χ4v) is 2.38. The first-order valence-corrected chi connectivity index (χ1v) is 6.31. The van der Waals surface area contributed by atoms with Gasteiger partial charge in [-0.15, -0.1) is 0 Å². The molecule has 0 radical (unpaired) electrons. The largest absolute Gasteiger partial charge is 0.370 e. The molecule has 3 heteroatoms. The number of nitrogens with zero attached hydrogens (tertiary/aromatic N) is 1. The van der Waals surface area contributed by atoms with Crippen LogP contribution in [0.2, 0.25) is 0 Å². The molecule has 0 aromatic carbocycles. The lowest BCUT2D eigenvalue weighted by molar-refractivity contribution is 0.503. The summed E-state index contributed by atoms with van der Waals surface area (Å²) in [6.45, 7) is 3.18. The van der Waals surface area contributed by atoms with Crippen LogP contribution in [0.4, 0.5) is 0 Å². The molecule has 0 unspecified atom stereocenters. The predicted molar refractivity (Wildman–Crippen MR) is 63.8 cm³/mol. The van der Waals surface area contributed by atoms with Crippen LogP contribution >= 0.6 is 0 Å². The molecule has 0 aliphatic heterocycles. The molecule has 2 saturated carbocycles. The van der Waals surface area contributed by atoms with E-state index in [4.69, 9.17) is 5.73 Å². The fourth-order valence-electron chi connectivity index (χ4n) is 2.38. The minimum absolute atomic E-state index is 0.516. The van der Waals surface area contributed by atoms with E-state index in [1.54, 1.807) is 0 Å². The number of rotatable bonds is 4. The summed E-state index contributed by atoms with van der Waals surface area (Å²) in [6, 6.07) is 0.588. The van der Waals surface area contributed by atoms with Gasteiger partial charge in [0.25, 0.3) is 0 Å². The zero-order valence-electron chi connectivity index (χ0n) is 9.76. The Morgan fingerprint density at radius 3 is 2.60 bits per heavy atom. The van der Waals surface area contributed by atoms with Crippen LogP contribution in [0.1, 0.15) is 51.9 Å². The van der Waals surface area contributed by atoms with Crippen molar-refractivity contribution < 1.29 is 0 Å². The second-order valence-electron chi connectivity index (χ2n) is 5.18. The Kier molecular flexibility index (Phi) is 3.17. The molecule has 2 aliphatic rings. The van der Waals surface area contributed by atoms with E-state index in [1.807, 2.05) is 0 Å². The second kappa shape index (κ2) is 4.42. The van der Waals surface area contributed by atoms with E-state index in [2.05, 4.69) is 17.2 Å². The molecule has 3 nitrogen and oxygen atoms in total. The van der Waals surface area contributed by atoms with Gasteiger partial charge in [0.05, 0.1) is 0 Å². The van der Waals surface area contributed by atoms with Crippen molar-refractivity contribution in [2.45, 2.75) is 57.9 Å². The Bertz CT molecular complexity index is 237. The normalized spacial score (nSPS) is 25.5. The average molecular weight is 209 g/mol. The summed E-state index contributed by atoms with van der Waals surface area (Å²) in [5.41, 5.74) is 6.40. The summed E-state index contributed by atoms with van der Waals surface area (Å²) in [5, 5.41) is 3.33. The molecule has 0 aromatic heterocycles. The number of hydrogen-bond acceptors (Lipinski definition) is 1. The van der Waals surface area contributed by atoms with Crippen molar-refractivity contribution in [3.05, 3.63) is 0 Å². The van der Waals surface area contributed by atoms with Crippen LogP contribution < -0.4 is 11.1 Å². The van der Waals surface area contributed by atoms with Crippen LogP contribution in [-0.4, -0.2) is 18.5 Å². The maximum atomic E-state index is 5.88. The van der Waals surface area contributed by atoms with E-state index in [0.29, 0.717) is 17.4 Å². The molecule has 3 N–H and O–H groups in total. The number of hydrogen-bond donors (Lipinski definition) is 2. The van der Waals surface area contributed by atoms with E-state index in [0.717, 1.165) is 6.54 Å². The van der Waals surface area contributed by atoms with Crippen molar-refractivity contribution in [1.29, 1.82) is 0 Å². The van der Waals surface area contributed by atoms with Gasteiger partial charge in [-0.1, -0.05) is 19.8 Å². The van der Waals surface area contributed by atoms with E-state index in [9.17, 15) is 0 Å². The number of nitrogens with one attached hydrogen (secondary N) is 1. The summed E-state index contributed by atoms with van der Waals surface area (Å²) < 4.78 is 0. The summed E-state index contributed by atoms with van der Waals surface area (Å²) in [7, 11) is 0. The first kappa shape index (κ1) is 10.8.